The van der Waals surface area contributed by atoms with Gasteiger partial charge in [-0.25, -0.2) is 0 Å². The minimum atomic E-state index is -0.756. The molecule has 29 heavy (non-hydrogen) atoms. The van der Waals surface area contributed by atoms with E-state index in [0.717, 1.165) is 16.8 Å². The Bertz CT molecular complexity index is 947. The zero-order chi connectivity index (χ0) is 20.6. The van der Waals surface area contributed by atoms with Crippen LogP contribution in [0.1, 0.15) is 29.8 Å². The first kappa shape index (κ1) is 20.6. The van der Waals surface area contributed by atoms with Crippen LogP contribution in [-0.4, -0.2) is 21.7 Å². The Morgan fingerprint density at radius 3 is 2.31 bits per heavy atom. The molecule has 0 bridgehead atoms. The maximum atomic E-state index is 13.2. The molecule has 0 radical (unpaired) electrons. The van der Waals surface area contributed by atoms with Crippen LogP contribution in [0.25, 0.3) is 0 Å². The smallest absolute Gasteiger partial charge is 0.247 e. The van der Waals surface area contributed by atoms with E-state index < -0.39 is 6.04 Å². The molecule has 0 unspecified atom stereocenters. The van der Waals surface area contributed by atoms with Crippen molar-refractivity contribution in [3.63, 3.8) is 0 Å². The van der Waals surface area contributed by atoms with Crippen LogP contribution in [-0.2, 0) is 22.7 Å². The number of carbonyl (C=O) groups excluding carboxylic acids is 2. The number of hydrogen-bond donors (Lipinski definition) is 1. The maximum absolute atomic E-state index is 13.2. The van der Waals surface area contributed by atoms with Crippen molar-refractivity contribution in [1.82, 2.24) is 15.2 Å². The summed E-state index contributed by atoms with van der Waals surface area (Å²) in [7, 11) is 0. The van der Waals surface area contributed by atoms with E-state index in [0.29, 0.717) is 11.6 Å². The van der Waals surface area contributed by atoms with Crippen LogP contribution in [0.3, 0.4) is 0 Å². The van der Waals surface area contributed by atoms with Crippen LogP contribution in [0.15, 0.2) is 79.0 Å². The van der Waals surface area contributed by atoms with Crippen molar-refractivity contribution < 1.29 is 9.59 Å². The van der Waals surface area contributed by atoms with Gasteiger partial charge in [0.2, 0.25) is 11.8 Å². The highest BCUT2D eigenvalue weighted by atomic mass is 35.5. The molecule has 0 fully saturated rings. The van der Waals surface area contributed by atoms with E-state index in [1.54, 1.807) is 23.2 Å². The predicted molar refractivity (Wildman–Crippen MR) is 113 cm³/mol. The highest BCUT2D eigenvalue weighted by Gasteiger charge is 2.29. The number of amides is 2. The van der Waals surface area contributed by atoms with E-state index in [-0.39, 0.29) is 18.4 Å². The molecule has 5 nitrogen and oxygen atoms in total. The van der Waals surface area contributed by atoms with Gasteiger partial charge in [0.1, 0.15) is 6.04 Å². The summed E-state index contributed by atoms with van der Waals surface area (Å²) in [5, 5.41) is 3.53. The lowest BCUT2D eigenvalue weighted by Crippen LogP contribution is -2.42. The highest BCUT2D eigenvalue weighted by Crippen LogP contribution is 2.24. The summed E-state index contributed by atoms with van der Waals surface area (Å²) in [6.45, 7) is 2.05. The summed E-state index contributed by atoms with van der Waals surface area (Å²) in [6, 6.07) is 21.3. The maximum Gasteiger partial charge on any atom is 0.247 e. The van der Waals surface area contributed by atoms with Crippen molar-refractivity contribution in [1.29, 1.82) is 0 Å². The summed E-state index contributed by atoms with van der Waals surface area (Å²) in [5.41, 5.74) is 2.39. The van der Waals surface area contributed by atoms with E-state index in [4.69, 9.17) is 11.6 Å². The monoisotopic (exact) mass is 407 g/mol. The summed E-state index contributed by atoms with van der Waals surface area (Å²) in [6.07, 6.45) is 1.68. The van der Waals surface area contributed by atoms with Gasteiger partial charge >= 0.3 is 0 Å². The van der Waals surface area contributed by atoms with Gasteiger partial charge in [-0.3, -0.25) is 14.6 Å². The van der Waals surface area contributed by atoms with Crippen LogP contribution in [0.2, 0.25) is 5.02 Å². The fraction of sp³-hybridized carbons (Fsp3) is 0.174. The lowest BCUT2D eigenvalue weighted by Gasteiger charge is -2.30. The van der Waals surface area contributed by atoms with Gasteiger partial charge in [0.15, 0.2) is 0 Å². The first-order valence-electron chi connectivity index (χ1n) is 9.29. The predicted octanol–water partition coefficient (Wildman–Crippen LogP) is 4.14. The molecule has 0 aliphatic carbocycles. The molecule has 0 saturated carbocycles. The van der Waals surface area contributed by atoms with E-state index in [2.05, 4.69) is 10.3 Å². The molecule has 1 heterocycles. The molecule has 3 rings (SSSR count). The molecule has 3 aromatic rings. The van der Waals surface area contributed by atoms with Crippen molar-refractivity contribution >= 4 is 23.4 Å². The van der Waals surface area contributed by atoms with E-state index >= 15 is 0 Å². The third kappa shape index (κ3) is 5.65. The van der Waals surface area contributed by atoms with Gasteiger partial charge in [-0.2, -0.15) is 0 Å². The minimum absolute atomic E-state index is 0.193. The summed E-state index contributed by atoms with van der Waals surface area (Å²) >= 11 is 5.97. The fourth-order valence-electron chi connectivity index (χ4n) is 3.06. The van der Waals surface area contributed by atoms with E-state index in [1.807, 2.05) is 60.7 Å². The molecule has 2 aromatic carbocycles. The van der Waals surface area contributed by atoms with Crippen LogP contribution in [0.4, 0.5) is 0 Å². The van der Waals surface area contributed by atoms with Gasteiger partial charge in [0, 0.05) is 24.7 Å². The zero-order valence-corrected chi connectivity index (χ0v) is 16.8. The number of nitrogens with zero attached hydrogens (tertiary/aromatic N) is 2. The van der Waals surface area contributed by atoms with Crippen molar-refractivity contribution in [2.24, 2.45) is 0 Å². The van der Waals surface area contributed by atoms with Crippen molar-refractivity contribution in [2.45, 2.75) is 26.1 Å². The Morgan fingerprint density at radius 2 is 1.69 bits per heavy atom. The molecule has 6 heteroatoms. The molecule has 2 amide bonds. The first-order valence-corrected chi connectivity index (χ1v) is 9.66. The standard InChI is InChI=1S/C23H22ClN3O2/c1-17(28)27(16-18-10-12-20(24)13-11-18)22(19-7-3-2-4-8-19)23(29)26-15-21-9-5-6-14-25-21/h2-14,22H,15-16H2,1H3,(H,26,29)/t22-/m1/s1. The number of pyridine rings is 1. The largest absolute Gasteiger partial charge is 0.348 e. The number of hydrogen-bond acceptors (Lipinski definition) is 3. The number of nitrogens with one attached hydrogen (secondary N) is 1. The molecule has 0 spiro atoms. The molecular weight excluding hydrogens is 386 g/mol. The lowest BCUT2D eigenvalue weighted by atomic mass is 10.0. The quantitative estimate of drug-likeness (QED) is 0.640. The van der Waals surface area contributed by atoms with E-state index in [1.165, 1.54) is 6.92 Å². The molecule has 0 saturated heterocycles. The molecule has 0 aliphatic rings. The van der Waals surface area contributed by atoms with Crippen LogP contribution in [0, 0.1) is 0 Å². The third-order valence-corrected chi connectivity index (χ3v) is 4.77. The first-order chi connectivity index (χ1) is 14.0. The second-order valence-electron chi connectivity index (χ2n) is 6.63. The molecular formula is C23H22ClN3O2. The number of benzene rings is 2. The lowest BCUT2D eigenvalue weighted by molar-refractivity contribution is -0.140. The van der Waals surface area contributed by atoms with Gasteiger partial charge in [-0.05, 0) is 35.4 Å². The van der Waals surface area contributed by atoms with Crippen LogP contribution in [0.5, 0.6) is 0 Å². The Labute approximate surface area is 175 Å². The normalized spacial score (nSPS) is 11.5. The number of rotatable bonds is 7. The van der Waals surface area contributed by atoms with E-state index in [9.17, 15) is 9.59 Å². The van der Waals surface area contributed by atoms with Gasteiger partial charge in [-0.1, -0.05) is 60.1 Å². The molecule has 0 aliphatic heterocycles. The minimum Gasteiger partial charge on any atom is -0.348 e. The topological polar surface area (TPSA) is 62.3 Å². The second kappa shape index (κ2) is 9.85. The van der Waals surface area contributed by atoms with Crippen molar-refractivity contribution in [3.8, 4) is 0 Å². The summed E-state index contributed by atoms with van der Waals surface area (Å²) < 4.78 is 0. The van der Waals surface area contributed by atoms with Gasteiger partial charge in [0.05, 0.1) is 12.2 Å². The SMILES string of the molecule is CC(=O)N(Cc1ccc(Cl)cc1)[C@@H](C(=O)NCc1ccccn1)c1ccccc1. The van der Waals surface area contributed by atoms with Crippen molar-refractivity contribution in [3.05, 3.63) is 101 Å². The number of halogens is 1. The third-order valence-electron chi connectivity index (χ3n) is 4.52. The fourth-order valence-corrected chi connectivity index (χ4v) is 3.18. The summed E-state index contributed by atoms with van der Waals surface area (Å²) in [5.74, 6) is -0.451. The molecule has 148 valence electrons. The van der Waals surface area contributed by atoms with Crippen LogP contribution >= 0.6 is 11.6 Å². The Hall–Kier alpha value is -3.18. The number of aromatic nitrogens is 1. The van der Waals surface area contributed by atoms with Gasteiger partial charge < -0.3 is 10.2 Å². The average Bonchev–Trinajstić information content (AvgIpc) is 2.74. The Kier molecular flexibility index (Phi) is 6.98. The molecule has 1 atom stereocenters. The number of carbonyl (C=O) groups is 2. The molecule has 1 aromatic heterocycles. The summed E-state index contributed by atoms with van der Waals surface area (Å²) in [4.78, 5) is 31.5. The average molecular weight is 408 g/mol. The van der Waals surface area contributed by atoms with Gasteiger partial charge in [0.25, 0.3) is 0 Å². The Morgan fingerprint density at radius 1 is 1.00 bits per heavy atom. The second-order valence-corrected chi connectivity index (χ2v) is 7.06. The highest BCUT2D eigenvalue weighted by molar-refractivity contribution is 6.30. The van der Waals surface area contributed by atoms with Gasteiger partial charge in [-0.15, -0.1) is 0 Å². The van der Waals surface area contributed by atoms with Crippen molar-refractivity contribution in [2.75, 3.05) is 0 Å². The zero-order valence-electron chi connectivity index (χ0n) is 16.1. The Balaban J connectivity index is 1.86. The van der Waals surface area contributed by atoms with Crippen LogP contribution < -0.4 is 5.32 Å². The molecule has 1 N–H and O–H groups in total.